The van der Waals surface area contributed by atoms with E-state index in [4.69, 9.17) is 0 Å². The molecular weight excluding hydrogens is 377 g/mol. The molecule has 0 saturated heterocycles. The highest BCUT2D eigenvalue weighted by atomic mass is 32.1. The number of thiocarbonyl (C=S) groups is 1. The molecule has 29 heavy (non-hydrogen) atoms. The Hall–Kier alpha value is -3.39. The molecule has 4 rings (SSSR count). The smallest absolute Gasteiger partial charge is 0.150 e. The van der Waals surface area contributed by atoms with Crippen molar-refractivity contribution >= 4 is 23.1 Å². The van der Waals surface area contributed by atoms with Crippen molar-refractivity contribution in [2.75, 3.05) is 0 Å². The Labute approximate surface area is 175 Å². The van der Waals surface area contributed by atoms with Gasteiger partial charge in [0, 0.05) is 0 Å². The summed E-state index contributed by atoms with van der Waals surface area (Å²) >= 11 is 4.54. The van der Waals surface area contributed by atoms with E-state index in [-0.39, 0.29) is 5.69 Å². The Kier molecular flexibility index (Phi) is 5.44. The minimum Gasteiger partial charge on any atom is -0.205 e. The predicted octanol–water partition coefficient (Wildman–Crippen LogP) is 7.87. The van der Waals surface area contributed by atoms with Crippen LogP contribution in [0.2, 0.25) is 0 Å². The second-order valence-corrected chi connectivity index (χ2v) is 7.02. The van der Waals surface area contributed by atoms with Gasteiger partial charge >= 0.3 is 0 Å². The van der Waals surface area contributed by atoms with Crippen molar-refractivity contribution in [3.63, 3.8) is 0 Å². The maximum atomic E-state index is 14.1. The lowest BCUT2D eigenvalue weighted by Crippen LogP contribution is -1.87. The van der Waals surface area contributed by atoms with E-state index >= 15 is 0 Å². The molecule has 0 atom stereocenters. The van der Waals surface area contributed by atoms with Crippen LogP contribution in [-0.4, -0.2) is 5.16 Å². The van der Waals surface area contributed by atoms with Gasteiger partial charge in [-0.2, -0.15) is 4.99 Å². The minimum absolute atomic E-state index is 0.203. The number of rotatable bonds is 4. The molecule has 1 nitrogen and oxygen atoms in total. The molecule has 0 N–H and O–H groups in total. The van der Waals surface area contributed by atoms with Crippen molar-refractivity contribution in [1.29, 1.82) is 0 Å². The third-order valence-electron chi connectivity index (χ3n) is 4.98. The largest absolute Gasteiger partial charge is 0.205 e. The molecule has 0 spiro atoms. The fourth-order valence-electron chi connectivity index (χ4n) is 3.47. The first-order chi connectivity index (χ1) is 14.2. The van der Waals surface area contributed by atoms with Gasteiger partial charge in [0.15, 0.2) is 0 Å². The molecule has 0 aliphatic heterocycles. The van der Waals surface area contributed by atoms with Crippen LogP contribution >= 0.6 is 12.2 Å². The van der Waals surface area contributed by atoms with Crippen molar-refractivity contribution in [3.05, 3.63) is 102 Å². The van der Waals surface area contributed by atoms with Crippen LogP contribution in [0.5, 0.6) is 0 Å². The van der Waals surface area contributed by atoms with Crippen LogP contribution in [0.3, 0.4) is 0 Å². The second-order valence-electron chi connectivity index (χ2n) is 6.84. The molecular formula is C26H18FNS. The Bertz CT molecular complexity index is 1210. The Morgan fingerprint density at radius 2 is 1.28 bits per heavy atom. The summed E-state index contributed by atoms with van der Waals surface area (Å²) in [5.74, 6) is -0.406. The molecule has 0 fully saturated rings. The topological polar surface area (TPSA) is 12.4 Å². The van der Waals surface area contributed by atoms with Crippen molar-refractivity contribution in [3.8, 4) is 33.4 Å². The SMILES string of the molecule is Cc1cc(-c2ccccc2)ccc1-c1ccc(-c2ccc(N=C=S)c(F)c2)cc1. The maximum Gasteiger partial charge on any atom is 0.150 e. The molecule has 3 heteroatoms. The van der Waals surface area contributed by atoms with Gasteiger partial charge in [-0.3, -0.25) is 0 Å². The van der Waals surface area contributed by atoms with Crippen LogP contribution in [0.4, 0.5) is 10.1 Å². The summed E-state index contributed by atoms with van der Waals surface area (Å²) in [6, 6.07) is 30.0. The summed E-state index contributed by atoms with van der Waals surface area (Å²) < 4.78 is 14.1. The molecule has 0 amide bonds. The monoisotopic (exact) mass is 395 g/mol. The average Bonchev–Trinajstić information content (AvgIpc) is 2.76. The predicted molar refractivity (Wildman–Crippen MR) is 122 cm³/mol. The van der Waals surface area contributed by atoms with Crippen molar-refractivity contribution in [2.45, 2.75) is 6.92 Å². The van der Waals surface area contributed by atoms with Gasteiger partial charge < -0.3 is 0 Å². The zero-order valence-electron chi connectivity index (χ0n) is 15.9. The first kappa shape index (κ1) is 18.9. The van der Waals surface area contributed by atoms with Gasteiger partial charge in [-0.1, -0.05) is 78.9 Å². The fraction of sp³-hybridized carbons (Fsp3) is 0.0385. The zero-order valence-corrected chi connectivity index (χ0v) is 16.7. The Balaban J connectivity index is 1.63. The van der Waals surface area contributed by atoms with Gasteiger partial charge in [-0.25, -0.2) is 4.39 Å². The normalized spacial score (nSPS) is 10.4. The number of halogens is 1. The summed E-state index contributed by atoms with van der Waals surface area (Å²) in [4.78, 5) is 3.72. The molecule has 0 saturated carbocycles. The van der Waals surface area contributed by atoms with Gasteiger partial charge in [0.25, 0.3) is 0 Å². The standard InChI is InChI=1S/C26H18FNS/c1-18-15-22(19-5-3-2-4-6-19)11-13-24(18)21-9-7-20(8-10-21)23-12-14-26(28-17-29)25(27)16-23/h2-16H,1H3. The van der Waals surface area contributed by atoms with Crippen LogP contribution in [0.25, 0.3) is 33.4 Å². The van der Waals surface area contributed by atoms with Crippen molar-refractivity contribution < 1.29 is 4.39 Å². The molecule has 0 bridgehead atoms. The van der Waals surface area contributed by atoms with Gasteiger partial charge in [-0.05, 0) is 70.2 Å². The first-order valence-corrected chi connectivity index (χ1v) is 9.71. The number of aryl methyl sites for hydroxylation is 1. The Morgan fingerprint density at radius 3 is 1.93 bits per heavy atom. The molecule has 140 valence electrons. The van der Waals surface area contributed by atoms with E-state index in [0.29, 0.717) is 0 Å². The molecule has 0 heterocycles. The highest BCUT2D eigenvalue weighted by Gasteiger charge is 2.07. The fourth-order valence-corrected chi connectivity index (χ4v) is 3.56. The average molecular weight is 396 g/mol. The summed E-state index contributed by atoms with van der Waals surface area (Å²) in [6.07, 6.45) is 0. The molecule has 0 unspecified atom stereocenters. The van der Waals surface area contributed by atoms with E-state index in [1.54, 1.807) is 6.07 Å². The molecule has 0 aliphatic rings. The van der Waals surface area contributed by atoms with E-state index in [1.165, 1.54) is 28.3 Å². The van der Waals surface area contributed by atoms with Crippen LogP contribution in [-0.2, 0) is 0 Å². The molecule has 0 aromatic heterocycles. The van der Waals surface area contributed by atoms with Crippen LogP contribution in [0.1, 0.15) is 5.56 Å². The summed E-state index contributed by atoms with van der Waals surface area (Å²) in [6.45, 7) is 2.13. The molecule has 4 aromatic rings. The number of nitrogens with zero attached hydrogens (tertiary/aromatic N) is 1. The van der Waals surface area contributed by atoms with Crippen LogP contribution in [0.15, 0.2) is 96.0 Å². The minimum atomic E-state index is -0.406. The van der Waals surface area contributed by atoms with Gasteiger partial charge in [0.05, 0.1) is 5.16 Å². The lowest BCUT2D eigenvalue weighted by Gasteiger charge is -2.10. The number of aliphatic imine (C=N–C) groups is 1. The number of isothiocyanates is 1. The molecule has 0 aliphatic carbocycles. The van der Waals surface area contributed by atoms with E-state index in [0.717, 1.165) is 16.7 Å². The number of benzene rings is 4. The lowest BCUT2D eigenvalue weighted by atomic mass is 9.94. The van der Waals surface area contributed by atoms with E-state index < -0.39 is 5.82 Å². The highest BCUT2D eigenvalue weighted by molar-refractivity contribution is 7.78. The lowest BCUT2D eigenvalue weighted by molar-refractivity contribution is 0.630. The zero-order chi connectivity index (χ0) is 20.2. The maximum absolute atomic E-state index is 14.1. The van der Waals surface area contributed by atoms with E-state index in [1.807, 2.05) is 36.4 Å². The highest BCUT2D eigenvalue weighted by Crippen LogP contribution is 2.31. The molecule has 0 radical (unpaired) electrons. The summed E-state index contributed by atoms with van der Waals surface area (Å²) in [7, 11) is 0. The summed E-state index contributed by atoms with van der Waals surface area (Å²) in [5, 5.41) is 2.20. The summed E-state index contributed by atoms with van der Waals surface area (Å²) in [5.41, 5.74) is 7.90. The molecule has 4 aromatic carbocycles. The van der Waals surface area contributed by atoms with E-state index in [2.05, 4.69) is 71.8 Å². The third-order valence-corrected chi connectivity index (χ3v) is 5.07. The number of hydrogen-bond donors (Lipinski definition) is 0. The van der Waals surface area contributed by atoms with Crippen LogP contribution in [0, 0.1) is 12.7 Å². The van der Waals surface area contributed by atoms with Crippen molar-refractivity contribution in [1.82, 2.24) is 0 Å². The van der Waals surface area contributed by atoms with Crippen molar-refractivity contribution in [2.24, 2.45) is 4.99 Å². The van der Waals surface area contributed by atoms with Gasteiger partial charge in [-0.15, -0.1) is 0 Å². The van der Waals surface area contributed by atoms with E-state index in [9.17, 15) is 4.39 Å². The van der Waals surface area contributed by atoms with Gasteiger partial charge in [0.1, 0.15) is 11.5 Å². The van der Waals surface area contributed by atoms with Gasteiger partial charge in [0.2, 0.25) is 0 Å². The Morgan fingerprint density at radius 1 is 0.690 bits per heavy atom. The quantitative estimate of drug-likeness (QED) is 0.253. The first-order valence-electron chi connectivity index (χ1n) is 9.30. The second kappa shape index (κ2) is 8.32. The van der Waals surface area contributed by atoms with Crippen LogP contribution < -0.4 is 0 Å². The number of hydrogen-bond acceptors (Lipinski definition) is 2. The third kappa shape index (κ3) is 4.07.